The Hall–Kier alpha value is -3.02. The largest absolute Gasteiger partial charge is 0.390 e. The number of nitriles is 1. The Kier molecular flexibility index (Phi) is 4.23. The van der Waals surface area contributed by atoms with Gasteiger partial charge in [0.25, 0.3) is 0 Å². The van der Waals surface area contributed by atoms with E-state index in [2.05, 4.69) is 50.4 Å². The highest BCUT2D eigenvalue weighted by molar-refractivity contribution is 5.75. The van der Waals surface area contributed by atoms with Gasteiger partial charge in [-0.3, -0.25) is 5.10 Å². The number of nitrogens with zero attached hydrogens (tertiary/aromatic N) is 5. The van der Waals surface area contributed by atoms with Crippen LogP contribution in [0.5, 0.6) is 0 Å². The highest BCUT2D eigenvalue weighted by Crippen LogP contribution is 2.51. The van der Waals surface area contributed by atoms with Crippen LogP contribution >= 0.6 is 0 Å². The van der Waals surface area contributed by atoms with E-state index in [0.717, 1.165) is 32.4 Å². The summed E-state index contributed by atoms with van der Waals surface area (Å²) in [6.45, 7) is 1.42. The van der Waals surface area contributed by atoms with Gasteiger partial charge in [-0.25, -0.2) is 9.97 Å². The van der Waals surface area contributed by atoms with E-state index in [4.69, 9.17) is 16.0 Å². The van der Waals surface area contributed by atoms with Gasteiger partial charge in [-0.2, -0.15) is 10.4 Å². The first kappa shape index (κ1) is 18.0. The van der Waals surface area contributed by atoms with Crippen LogP contribution in [0, 0.1) is 16.7 Å². The molecule has 8 nitrogen and oxygen atoms in total. The number of H-pyrrole nitrogens is 1. The number of nitrogens with one attached hydrogen (secondary N) is 1. The Bertz CT molecular complexity index is 1110. The van der Waals surface area contributed by atoms with Crippen LogP contribution in [0.15, 0.2) is 24.3 Å². The van der Waals surface area contributed by atoms with Gasteiger partial charge >= 0.3 is 0 Å². The minimum Gasteiger partial charge on any atom is -0.390 e. The van der Waals surface area contributed by atoms with Crippen molar-refractivity contribution in [2.45, 2.75) is 38.3 Å². The van der Waals surface area contributed by atoms with Crippen molar-refractivity contribution in [3.63, 3.8) is 0 Å². The standard InChI is InChI=1S/C21H23N7O/c22-8-5-15-17-19(27-26-15)25-20(16(12-29)24-17)28-9-6-21(7-10-28)11-13-3-1-2-4-14(13)18(21)23/h1-4,18,29H,5-7,9-12,23H2,(H,25,26,27)/t18-/m1/s1. The van der Waals surface area contributed by atoms with E-state index < -0.39 is 0 Å². The molecule has 4 N–H and O–H groups in total. The third-order valence-electron chi connectivity index (χ3n) is 6.56. The number of aromatic amines is 1. The molecule has 1 spiro atoms. The zero-order valence-electron chi connectivity index (χ0n) is 16.1. The Morgan fingerprint density at radius 3 is 2.76 bits per heavy atom. The summed E-state index contributed by atoms with van der Waals surface area (Å²) in [5.41, 5.74) is 11.6. The highest BCUT2D eigenvalue weighted by atomic mass is 16.3. The van der Waals surface area contributed by atoms with Gasteiger partial charge in [0.2, 0.25) is 0 Å². The maximum Gasteiger partial charge on any atom is 0.176 e. The molecule has 29 heavy (non-hydrogen) atoms. The van der Waals surface area contributed by atoms with Crippen molar-refractivity contribution in [1.82, 2.24) is 20.2 Å². The second-order valence-electron chi connectivity index (χ2n) is 8.06. The molecule has 0 amide bonds. The van der Waals surface area contributed by atoms with Crippen molar-refractivity contribution in [3.05, 3.63) is 46.8 Å². The Labute approximate surface area is 168 Å². The number of nitrogens with two attached hydrogens (primary N) is 1. The first-order valence-corrected chi connectivity index (χ1v) is 9.95. The number of hydrogen-bond acceptors (Lipinski definition) is 7. The smallest absolute Gasteiger partial charge is 0.176 e. The molecule has 1 fully saturated rings. The van der Waals surface area contributed by atoms with E-state index >= 15 is 0 Å². The lowest BCUT2D eigenvalue weighted by Crippen LogP contribution is -2.45. The summed E-state index contributed by atoms with van der Waals surface area (Å²) in [4.78, 5) is 11.4. The molecule has 1 atom stereocenters. The van der Waals surface area contributed by atoms with Crippen molar-refractivity contribution < 1.29 is 5.11 Å². The zero-order valence-corrected chi connectivity index (χ0v) is 16.1. The Balaban J connectivity index is 1.41. The summed E-state index contributed by atoms with van der Waals surface area (Å²) in [7, 11) is 0. The molecule has 1 aromatic carbocycles. The van der Waals surface area contributed by atoms with E-state index in [1.54, 1.807) is 0 Å². The van der Waals surface area contributed by atoms with Gasteiger partial charge in [-0.1, -0.05) is 24.3 Å². The average molecular weight is 389 g/mol. The van der Waals surface area contributed by atoms with E-state index in [1.807, 2.05) is 0 Å². The van der Waals surface area contributed by atoms with Crippen molar-refractivity contribution in [2.24, 2.45) is 11.1 Å². The molecule has 3 heterocycles. The molecule has 0 radical (unpaired) electrons. The van der Waals surface area contributed by atoms with Gasteiger partial charge in [-0.15, -0.1) is 0 Å². The fraction of sp³-hybridized carbons (Fsp3) is 0.429. The number of benzene rings is 1. The van der Waals surface area contributed by atoms with Crippen LogP contribution in [0.3, 0.4) is 0 Å². The van der Waals surface area contributed by atoms with Gasteiger partial charge < -0.3 is 15.7 Å². The van der Waals surface area contributed by atoms with Crippen molar-refractivity contribution in [1.29, 1.82) is 5.26 Å². The minimum absolute atomic E-state index is 0.0628. The molecule has 0 saturated carbocycles. The first-order valence-electron chi connectivity index (χ1n) is 9.95. The normalized spacial score (nSPS) is 20.2. The van der Waals surface area contributed by atoms with E-state index in [-0.39, 0.29) is 24.5 Å². The van der Waals surface area contributed by atoms with E-state index in [9.17, 15) is 5.11 Å². The Morgan fingerprint density at radius 2 is 2.03 bits per heavy atom. The molecule has 8 heteroatoms. The highest BCUT2D eigenvalue weighted by Gasteiger charge is 2.46. The third-order valence-corrected chi connectivity index (χ3v) is 6.56. The molecule has 5 rings (SSSR count). The molecular formula is C21H23N7O. The number of aromatic nitrogens is 4. The molecule has 1 aliphatic heterocycles. The topological polar surface area (TPSA) is 128 Å². The quantitative estimate of drug-likeness (QED) is 0.622. The van der Waals surface area contributed by atoms with Crippen LogP contribution < -0.4 is 10.6 Å². The van der Waals surface area contributed by atoms with E-state index in [0.29, 0.717) is 28.4 Å². The second kappa shape index (κ2) is 6.79. The van der Waals surface area contributed by atoms with Crippen LogP contribution in [0.25, 0.3) is 11.2 Å². The van der Waals surface area contributed by atoms with Crippen LogP contribution in [-0.2, 0) is 19.4 Å². The molecule has 0 unspecified atom stereocenters. The number of aliphatic hydroxyl groups is 1. The zero-order chi connectivity index (χ0) is 20.0. The maximum atomic E-state index is 9.89. The number of piperidine rings is 1. The summed E-state index contributed by atoms with van der Waals surface area (Å²) in [6.07, 6.45) is 3.11. The van der Waals surface area contributed by atoms with Crippen molar-refractivity contribution in [3.8, 4) is 6.07 Å². The molecule has 2 aliphatic rings. The number of rotatable bonds is 3. The summed E-state index contributed by atoms with van der Waals surface area (Å²) in [6, 6.07) is 10.6. The fourth-order valence-electron chi connectivity index (χ4n) is 4.94. The molecule has 3 aromatic rings. The molecule has 148 valence electrons. The minimum atomic E-state index is -0.206. The van der Waals surface area contributed by atoms with Crippen LogP contribution in [0.1, 0.15) is 41.4 Å². The summed E-state index contributed by atoms with van der Waals surface area (Å²) in [5, 5.41) is 25.9. The van der Waals surface area contributed by atoms with Crippen LogP contribution in [0.4, 0.5) is 5.82 Å². The molecule has 1 aliphatic carbocycles. The maximum absolute atomic E-state index is 9.89. The van der Waals surface area contributed by atoms with Gasteiger partial charge in [0.05, 0.1) is 19.1 Å². The predicted molar refractivity (Wildman–Crippen MR) is 108 cm³/mol. The molecule has 1 saturated heterocycles. The van der Waals surface area contributed by atoms with Gasteiger partial charge in [0, 0.05) is 19.1 Å². The summed E-state index contributed by atoms with van der Waals surface area (Å²) < 4.78 is 0. The summed E-state index contributed by atoms with van der Waals surface area (Å²) in [5.74, 6) is 0.686. The SMILES string of the molecule is N#CCc1n[nH]c2nc(N3CCC4(CC3)Cc3ccccc3[C@H]4N)c(CO)nc12. The number of hydrogen-bond donors (Lipinski definition) is 3. The number of aliphatic hydroxyl groups excluding tert-OH is 1. The fourth-order valence-corrected chi connectivity index (χ4v) is 4.94. The van der Waals surface area contributed by atoms with Crippen LogP contribution in [-0.4, -0.2) is 38.4 Å². The van der Waals surface area contributed by atoms with Gasteiger partial charge in [0.1, 0.15) is 16.9 Å². The number of anilines is 1. The Morgan fingerprint density at radius 1 is 1.24 bits per heavy atom. The van der Waals surface area contributed by atoms with Crippen LogP contribution in [0.2, 0.25) is 0 Å². The average Bonchev–Trinajstić information content (AvgIpc) is 3.27. The first-order chi connectivity index (χ1) is 14.1. The van der Waals surface area contributed by atoms with Crippen molar-refractivity contribution >= 4 is 17.0 Å². The predicted octanol–water partition coefficient (Wildman–Crippen LogP) is 1.75. The summed E-state index contributed by atoms with van der Waals surface area (Å²) >= 11 is 0. The van der Waals surface area contributed by atoms with Crippen molar-refractivity contribution in [2.75, 3.05) is 18.0 Å². The van der Waals surface area contributed by atoms with E-state index in [1.165, 1.54) is 11.1 Å². The van der Waals surface area contributed by atoms with Gasteiger partial charge in [0.15, 0.2) is 11.5 Å². The third kappa shape index (κ3) is 2.77. The lowest BCUT2D eigenvalue weighted by molar-refractivity contribution is 0.187. The number of fused-ring (bicyclic) bond motifs is 2. The molecule has 0 bridgehead atoms. The van der Waals surface area contributed by atoms with Gasteiger partial charge in [-0.05, 0) is 35.8 Å². The lowest BCUT2D eigenvalue weighted by atomic mass is 9.73. The monoisotopic (exact) mass is 389 g/mol. The molecular weight excluding hydrogens is 366 g/mol. The molecule has 2 aromatic heterocycles. The lowest BCUT2D eigenvalue weighted by Gasteiger charge is -2.42. The second-order valence-corrected chi connectivity index (χ2v) is 8.06.